The van der Waals surface area contributed by atoms with Gasteiger partial charge in [-0.1, -0.05) is 38.0 Å². The number of allylic oxidation sites excluding steroid dienone is 2. The molecule has 1 aliphatic heterocycles. The molecule has 6 nitrogen and oxygen atoms in total. The Hall–Kier alpha value is -2.05. The van der Waals surface area contributed by atoms with Crippen LogP contribution in [0.15, 0.2) is 34.9 Å². The van der Waals surface area contributed by atoms with Gasteiger partial charge in [-0.05, 0) is 40.5 Å². The highest BCUT2D eigenvalue weighted by Gasteiger charge is 2.68. The normalized spacial score (nSPS) is 24.9. The lowest BCUT2D eigenvalue weighted by molar-refractivity contribution is -0.149. The number of Topliss-reactive ketones (excluding diaryl/α,β-unsaturated/α-hetero) is 2. The predicted molar refractivity (Wildman–Crippen MR) is 109 cm³/mol. The van der Waals surface area contributed by atoms with Crippen molar-refractivity contribution in [2.24, 2.45) is 0 Å². The third kappa shape index (κ3) is 5.31. The molecule has 0 saturated carbocycles. The average Bonchev–Trinajstić information content (AvgIpc) is 3.38. The molecule has 0 amide bonds. The van der Waals surface area contributed by atoms with Crippen molar-refractivity contribution < 1.29 is 29.0 Å². The number of aliphatic hydroxyl groups excluding tert-OH is 1. The maximum Gasteiger partial charge on any atom is 0.333 e. The van der Waals surface area contributed by atoms with Crippen LogP contribution in [-0.4, -0.2) is 46.6 Å². The summed E-state index contributed by atoms with van der Waals surface area (Å²) in [6, 6.07) is 0. The zero-order chi connectivity index (χ0) is 21.8. The van der Waals surface area contributed by atoms with Crippen LogP contribution in [0.1, 0.15) is 66.7 Å². The lowest BCUT2D eigenvalue weighted by Gasteiger charge is -2.21. The van der Waals surface area contributed by atoms with Crippen LogP contribution < -0.4 is 0 Å². The summed E-state index contributed by atoms with van der Waals surface area (Å²) in [5, 5.41) is 9.63. The van der Waals surface area contributed by atoms with Crippen LogP contribution in [0.2, 0.25) is 0 Å². The molecule has 6 heteroatoms. The summed E-state index contributed by atoms with van der Waals surface area (Å²) < 4.78 is 10.9. The molecule has 0 radical (unpaired) electrons. The maximum absolute atomic E-state index is 13.1. The first-order valence-electron chi connectivity index (χ1n) is 10.2. The molecule has 1 N–H and O–H groups in total. The highest BCUT2D eigenvalue weighted by atomic mass is 16.6. The van der Waals surface area contributed by atoms with Crippen molar-refractivity contribution in [1.82, 2.24) is 0 Å². The molecule has 0 bridgehead atoms. The molecular weight excluding hydrogens is 372 g/mol. The van der Waals surface area contributed by atoms with Crippen molar-refractivity contribution in [3.63, 3.8) is 0 Å². The van der Waals surface area contributed by atoms with Gasteiger partial charge in [0.05, 0.1) is 6.61 Å². The van der Waals surface area contributed by atoms with E-state index in [2.05, 4.69) is 6.92 Å². The lowest BCUT2D eigenvalue weighted by Crippen LogP contribution is -2.38. The number of epoxide rings is 1. The van der Waals surface area contributed by atoms with E-state index in [-0.39, 0.29) is 30.0 Å². The number of hydrogen-bond acceptors (Lipinski definition) is 6. The number of aliphatic hydroxyl groups is 1. The van der Waals surface area contributed by atoms with Gasteiger partial charge in [0.15, 0.2) is 23.3 Å². The molecule has 1 saturated heterocycles. The first-order valence-corrected chi connectivity index (χ1v) is 10.2. The van der Waals surface area contributed by atoms with Gasteiger partial charge >= 0.3 is 5.97 Å². The number of unbranched alkanes of at least 4 members (excludes halogenated alkanes) is 2. The van der Waals surface area contributed by atoms with E-state index in [1.807, 2.05) is 12.2 Å². The topological polar surface area (TPSA) is 93.2 Å². The number of fused-ring (bicyclic) bond motifs is 1. The molecule has 1 fully saturated rings. The van der Waals surface area contributed by atoms with Crippen molar-refractivity contribution in [3.05, 3.63) is 34.9 Å². The predicted octanol–water partition coefficient (Wildman–Crippen LogP) is 3.38. The molecule has 2 unspecified atom stereocenters. The van der Waals surface area contributed by atoms with E-state index in [0.29, 0.717) is 11.1 Å². The molecule has 0 aromatic rings. The zero-order valence-corrected chi connectivity index (χ0v) is 18.0. The van der Waals surface area contributed by atoms with Gasteiger partial charge in [0.1, 0.15) is 5.60 Å². The minimum Gasteiger partial charge on any atom is -0.457 e. The van der Waals surface area contributed by atoms with E-state index in [9.17, 15) is 19.5 Å². The van der Waals surface area contributed by atoms with Gasteiger partial charge < -0.3 is 14.6 Å². The van der Waals surface area contributed by atoms with Crippen LogP contribution in [-0.2, 0) is 23.9 Å². The molecule has 160 valence electrons. The largest absolute Gasteiger partial charge is 0.457 e. The van der Waals surface area contributed by atoms with Crippen LogP contribution in [0.3, 0.4) is 0 Å². The SMILES string of the molecule is CCCC/C=C/CC1=C(CO)C(=O)C2OC2(C/C=C(\C)C(=O)OC(C)(C)C)C1=O. The number of ketones is 2. The first kappa shape index (κ1) is 23.2. The summed E-state index contributed by atoms with van der Waals surface area (Å²) in [7, 11) is 0. The van der Waals surface area contributed by atoms with Crippen LogP contribution in [0, 0.1) is 0 Å². The fraction of sp³-hybridized carbons (Fsp3) is 0.609. The fourth-order valence-electron chi connectivity index (χ4n) is 3.34. The molecule has 0 aromatic carbocycles. The molecule has 2 atom stereocenters. The number of rotatable bonds is 9. The molecule has 2 rings (SSSR count). The second-order valence-electron chi connectivity index (χ2n) is 8.61. The molecule has 0 aromatic heterocycles. The number of carbonyl (C=O) groups is 3. The molecule has 1 heterocycles. The van der Waals surface area contributed by atoms with Gasteiger partial charge in [-0.3, -0.25) is 9.59 Å². The van der Waals surface area contributed by atoms with E-state index in [1.54, 1.807) is 33.8 Å². The van der Waals surface area contributed by atoms with Gasteiger partial charge in [0.2, 0.25) is 0 Å². The quantitative estimate of drug-likeness (QED) is 0.208. The van der Waals surface area contributed by atoms with Gasteiger partial charge in [0, 0.05) is 23.1 Å². The Bertz CT molecular complexity index is 765. The monoisotopic (exact) mass is 404 g/mol. The second-order valence-corrected chi connectivity index (χ2v) is 8.61. The van der Waals surface area contributed by atoms with Gasteiger partial charge in [-0.25, -0.2) is 4.79 Å². The highest BCUT2D eigenvalue weighted by molar-refractivity contribution is 6.21. The summed E-state index contributed by atoms with van der Waals surface area (Å²) in [5.41, 5.74) is -1.06. The van der Waals surface area contributed by atoms with Crippen molar-refractivity contribution in [2.75, 3.05) is 6.61 Å². The van der Waals surface area contributed by atoms with E-state index >= 15 is 0 Å². The zero-order valence-electron chi connectivity index (χ0n) is 18.0. The minimum atomic E-state index is -1.26. The number of ether oxygens (including phenoxy) is 2. The Morgan fingerprint density at radius 3 is 2.52 bits per heavy atom. The molecule has 2 aliphatic rings. The average molecular weight is 405 g/mol. The van der Waals surface area contributed by atoms with E-state index in [0.717, 1.165) is 19.3 Å². The van der Waals surface area contributed by atoms with E-state index in [4.69, 9.17) is 9.47 Å². The first-order chi connectivity index (χ1) is 13.6. The van der Waals surface area contributed by atoms with Crippen LogP contribution in [0.25, 0.3) is 0 Å². The Morgan fingerprint density at radius 1 is 1.24 bits per heavy atom. The summed E-state index contributed by atoms with van der Waals surface area (Å²) in [5.74, 6) is -1.08. The van der Waals surface area contributed by atoms with Gasteiger partial charge in [-0.2, -0.15) is 0 Å². The lowest BCUT2D eigenvalue weighted by atomic mass is 9.78. The number of esters is 1. The third-order valence-corrected chi connectivity index (χ3v) is 5.06. The summed E-state index contributed by atoms with van der Waals surface area (Å²) in [6.45, 7) is 8.57. The van der Waals surface area contributed by atoms with Crippen molar-refractivity contribution >= 4 is 17.5 Å². The van der Waals surface area contributed by atoms with Gasteiger partial charge in [0.25, 0.3) is 0 Å². The van der Waals surface area contributed by atoms with Crippen molar-refractivity contribution in [3.8, 4) is 0 Å². The van der Waals surface area contributed by atoms with E-state index < -0.39 is 29.9 Å². The third-order valence-electron chi connectivity index (χ3n) is 5.06. The maximum atomic E-state index is 13.1. The minimum absolute atomic E-state index is 0.120. The standard InChI is InChI=1S/C23H32O6/c1-6-7-8-9-10-11-16-17(14-24)18(25)20-23(28-20,19(16)26)13-12-15(2)21(27)29-22(3,4)5/h9-10,12,20,24H,6-8,11,13-14H2,1-5H3/b10-9+,15-12+. The number of carbonyl (C=O) groups excluding carboxylic acids is 3. The van der Waals surface area contributed by atoms with E-state index in [1.165, 1.54) is 0 Å². The Kier molecular flexibility index (Phi) is 7.35. The van der Waals surface area contributed by atoms with Crippen LogP contribution in [0.5, 0.6) is 0 Å². The van der Waals surface area contributed by atoms with Crippen LogP contribution in [0.4, 0.5) is 0 Å². The fourth-order valence-corrected chi connectivity index (χ4v) is 3.34. The summed E-state index contributed by atoms with van der Waals surface area (Å²) in [4.78, 5) is 37.9. The Morgan fingerprint density at radius 2 is 1.93 bits per heavy atom. The van der Waals surface area contributed by atoms with Gasteiger partial charge in [-0.15, -0.1) is 0 Å². The van der Waals surface area contributed by atoms with Crippen molar-refractivity contribution in [1.29, 1.82) is 0 Å². The summed E-state index contributed by atoms with van der Waals surface area (Å²) >= 11 is 0. The molecule has 1 aliphatic carbocycles. The number of hydrogen-bond donors (Lipinski definition) is 1. The highest BCUT2D eigenvalue weighted by Crippen LogP contribution is 2.49. The van der Waals surface area contributed by atoms with Crippen LogP contribution >= 0.6 is 0 Å². The van der Waals surface area contributed by atoms with Crippen molar-refractivity contribution in [2.45, 2.75) is 84.0 Å². The Labute approximate surface area is 172 Å². The summed E-state index contributed by atoms with van der Waals surface area (Å²) in [6.07, 6.45) is 8.01. The Balaban J connectivity index is 2.16. The smallest absolute Gasteiger partial charge is 0.333 e. The molecule has 29 heavy (non-hydrogen) atoms. The molecule has 0 spiro atoms. The molecular formula is C23H32O6. The second kappa shape index (κ2) is 9.18.